The van der Waals surface area contributed by atoms with E-state index in [2.05, 4.69) is 45.1 Å². The van der Waals surface area contributed by atoms with Gasteiger partial charge >= 0.3 is 0 Å². The highest BCUT2D eigenvalue weighted by molar-refractivity contribution is 9.10. The molecule has 4 nitrogen and oxygen atoms in total. The number of halogens is 1. The molecule has 0 radical (unpaired) electrons. The van der Waals surface area contributed by atoms with Crippen LogP contribution >= 0.6 is 15.9 Å². The van der Waals surface area contributed by atoms with Crippen molar-refractivity contribution in [2.75, 3.05) is 19.0 Å². The Morgan fingerprint density at radius 1 is 1.37 bits per heavy atom. The monoisotopic (exact) mass is 323 g/mol. The minimum atomic E-state index is 0.251. The van der Waals surface area contributed by atoms with Gasteiger partial charge in [0.1, 0.15) is 5.52 Å². The average Bonchev–Trinajstić information content (AvgIpc) is 2.37. The second-order valence-corrected chi connectivity index (χ2v) is 5.75. The number of aromatic nitrogens is 2. The van der Waals surface area contributed by atoms with E-state index in [-0.39, 0.29) is 6.04 Å². The number of nitrogens with zero attached hydrogens (tertiary/aromatic N) is 2. The number of methoxy groups -OCH3 is 1. The van der Waals surface area contributed by atoms with E-state index in [9.17, 15) is 0 Å². The van der Waals surface area contributed by atoms with Crippen molar-refractivity contribution in [2.24, 2.45) is 5.92 Å². The zero-order valence-electron chi connectivity index (χ0n) is 11.4. The van der Waals surface area contributed by atoms with E-state index in [1.807, 2.05) is 12.1 Å². The first-order valence-corrected chi connectivity index (χ1v) is 7.07. The minimum absolute atomic E-state index is 0.251. The molecule has 2 heterocycles. The first kappa shape index (κ1) is 14.2. The molecular weight excluding hydrogens is 306 g/mol. The third kappa shape index (κ3) is 3.42. The highest BCUT2D eigenvalue weighted by atomic mass is 79.9. The van der Waals surface area contributed by atoms with Crippen molar-refractivity contribution < 1.29 is 4.74 Å². The molecule has 0 saturated heterocycles. The van der Waals surface area contributed by atoms with Crippen LogP contribution in [0.3, 0.4) is 0 Å². The number of fused-ring (bicyclic) bond motifs is 1. The van der Waals surface area contributed by atoms with Gasteiger partial charge in [-0.3, -0.25) is 9.97 Å². The molecule has 2 aromatic heterocycles. The van der Waals surface area contributed by atoms with E-state index in [0.717, 1.165) is 21.2 Å². The largest absolute Gasteiger partial charge is 0.383 e. The summed E-state index contributed by atoms with van der Waals surface area (Å²) in [5, 5.41) is 3.50. The van der Waals surface area contributed by atoms with Crippen LogP contribution in [-0.2, 0) is 4.74 Å². The van der Waals surface area contributed by atoms with Crippen molar-refractivity contribution >= 4 is 32.7 Å². The topological polar surface area (TPSA) is 47.0 Å². The Kier molecular flexibility index (Phi) is 4.71. The van der Waals surface area contributed by atoms with Gasteiger partial charge in [-0.2, -0.15) is 0 Å². The number of pyridine rings is 2. The summed E-state index contributed by atoms with van der Waals surface area (Å²) < 4.78 is 6.19. The Morgan fingerprint density at radius 2 is 2.16 bits per heavy atom. The molecule has 1 N–H and O–H groups in total. The Morgan fingerprint density at radius 3 is 2.84 bits per heavy atom. The van der Waals surface area contributed by atoms with Crippen LogP contribution in [-0.4, -0.2) is 29.7 Å². The fourth-order valence-electron chi connectivity index (χ4n) is 1.90. The molecule has 0 bridgehead atoms. The van der Waals surface area contributed by atoms with Gasteiger partial charge in [0.2, 0.25) is 0 Å². The quantitative estimate of drug-likeness (QED) is 0.915. The van der Waals surface area contributed by atoms with Gasteiger partial charge in [0.25, 0.3) is 0 Å². The van der Waals surface area contributed by atoms with Gasteiger partial charge in [0.05, 0.1) is 23.9 Å². The third-order valence-corrected chi connectivity index (χ3v) is 3.47. The summed E-state index contributed by atoms with van der Waals surface area (Å²) in [6.45, 7) is 5.01. The number of ether oxygens (including phenoxy) is 1. The zero-order valence-corrected chi connectivity index (χ0v) is 12.9. The Balaban J connectivity index is 2.34. The Labute approximate surface area is 121 Å². The molecule has 19 heavy (non-hydrogen) atoms. The minimum Gasteiger partial charge on any atom is -0.383 e. The molecule has 0 spiro atoms. The van der Waals surface area contributed by atoms with Gasteiger partial charge in [0.15, 0.2) is 0 Å². The van der Waals surface area contributed by atoms with Gasteiger partial charge in [-0.15, -0.1) is 0 Å². The van der Waals surface area contributed by atoms with Crippen LogP contribution in [0.5, 0.6) is 0 Å². The normalized spacial score (nSPS) is 12.9. The average molecular weight is 324 g/mol. The molecule has 2 rings (SSSR count). The second kappa shape index (κ2) is 6.30. The predicted octanol–water partition coefficient (Wildman–Crippen LogP) is 3.48. The molecule has 1 unspecified atom stereocenters. The highest BCUT2D eigenvalue weighted by Crippen LogP contribution is 2.23. The van der Waals surface area contributed by atoms with Crippen LogP contribution in [0.15, 0.2) is 29.0 Å². The lowest BCUT2D eigenvalue weighted by Gasteiger charge is -2.23. The van der Waals surface area contributed by atoms with Crippen LogP contribution in [0.4, 0.5) is 5.69 Å². The summed E-state index contributed by atoms with van der Waals surface area (Å²) in [6, 6.07) is 4.17. The van der Waals surface area contributed by atoms with Gasteiger partial charge in [-0.1, -0.05) is 13.8 Å². The van der Waals surface area contributed by atoms with Crippen molar-refractivity contribution in [1.29, 1.82) is 0 Å². The number of rotatable bonds is 5. The fraction of sp³-hybridized carbons (Fsp3) is 0.429. The van der Waals surface area contributed by atoms with Crippen molar-refractivity contribution in [1.82, 2.24) is 9.97 Å². The molecule has 102 valence electrons. The van der Waals surface area contributed by atoms with Crippen LogP contribution in [0, 0.1) is 5.92 Å². The summed E-state index contributed by atoms with van der Waals surface area (Å²) in [5.74, 6) is 0.471. The molecule has 5 heteroatoms. The summed E-state index contributed by atoms with van der Waals surface area (Å²) in [7, 11) is 1.72. The van der Waals surface area contributed by atoms with Crippen LogP contribution in [0.2, 0.25) is 0 Å². The van der Waals surface area contributed by atoms with Crippen molar-refractivity contribution in [2.45, 2.75) is 19.9 Å². The van der Waals surface area contributed by atoms with E-state index in [1.54, 1.807) is 19.5 Å². The van der Waals surface area contributed by atoms with E-state index >= 15 is 0 Å². The Bertz CT molecular complexity index is 559. The number of nitrogens with one attached hydrogen (secondary N) is 1. The standard InChI is InChI=1S/C14H18BrN3O/c1-9(2)13(8-19-3)18-11-4-5-16-12-6-10(15)7-17-14(11)12/h4-7,9,13H,8H2,1-3H3,(H,16,18). The van der Waals surface area contributed by atoms with Crippen molar-refractivity contribution in [3.05, 3.63) is 29.0 Å². The van der Waals surface area contributed by atoms with Gasteiger partial charge in [-0.05, 0) is 34.0 Å². The zero-order chi connectivity index (χ0) is 13.8. The molecule has 0 aliphatic carbocycles. The number of anilines is 1. The lowest BCUT2D eigenvalue weighted by molar-refractivity contribution is 0.171. The Hall–Kier alpha value is -1.20. The molecule has 0 aliphatic heterocycles. The van der Waals surface area contributed by atoms with Crippen LogP contribution in [0.25, 0.3) is 11.0 Å². The summed E-state index contributed by atoms with van der Waals surface area (Å²) in [6.07, 6.45) is 3.58. The maximum atomic E-state index is 5.26. The molecule has 1 atom stereocenters. The van der Waals surface area contributed by atoms with Crippen LogP contribution < -0.4 is 5.32 Å². The second-order valence-electron chi connectivity index (χ2n) is 4.83. The predicted molar refractivity (Wildman–Crippen MR) is 81.4 cm³/mol. The smallest absolute Gasteiger partial charge is 0.112 e. The highest BCUT2D eigenvalue weighted by Gasteiger charge is 2.14. The fourth-order valence-corrected chi connectivity index (χ4v) is 2.22. The lowest BCUT2D eigenvalue weighted by atomic mass is 10.0. The number of hydrogen-bond acceptors (Lipinski definition) is 4. The molecule has 0 aliphatic rings. The molecule has 0 aromatic carbocycles. The van der Waals surface area contributed by atoms with Gasteiger partial charge in [0, 0.05) is 24.0 Å². The SMILES string of the molecule is COCC(Nc1ccnc2cc(Br)cnc12)C(C)C. The third-order valence-electron chi connectivity index (χ3n) is 3.04. The van der Waals surface area contributed by atoms with Gasteiger partial charge < -0.3 is 10.1 Å². The first-order valence-electron chi connectivity index (χ1n) is 6.27. The molecule has 0 fully saturated rings. The van der Waals surface area contributed by atoms with Crippen molar-refractivity contribution in [3.63, 3.8) is 0 Å². The summed E-state index contributed by atoms with van der Waals surface area (Å²) in [5.41, 5.74) is 2.75. The maximum absolute atomic E-state index is 5.26. The van der Waals surface area contributed by atoms with E-state index in [1.165, 1.54) is 0 Å². The van der Waals surface area contributed by atoms with Crippen LogP contribution in [0.1, 0.15) is 13.8 Å². The van der Waals surface area contributed by atoms with E-state index in [0.29, 0.717) is 12.5 Å². The molecule has 0 saturated carbocycles. The summed E-state index contributed by atoms with van der Waals surface area (Å²) in [4.78, 5) is 8.78. The van der Waals surface area contributed by atoms with E-state index < -0.39 is 0 Å². The molecular formula is C14H18BrN3O. The molecule has 0 amide bonds. The summed E-state index contributed by atoms with van der Waals surface area (Å²) >= 11 is 3.41. The van der Waals surface area contributed by atoms with Gasteiger partial charge in [-0.25, -0.2) is 0 Å². The van der Waals surface area contributed by atoms with Crippen molar-refractivity contribution in [3.8, 4) is 0 Å². The molecule has 2 aromatic rings. The first-order chi connectivity index (χ1) is 9.11. The number of hydrogen-bond donors (Lipinski definition) is 1. The lowest BCUT2D eigenvalue weighted by Crippen LogP contribution is -2.30. The van der Waals surface area contributed by atoms with E-state index in [4.69, 9.17) is 4.74 Å². The maximum Gasteiger partial charge on any atom is 0.112 e.